The molecule has 0 aliphatic carbocycles. The second-order valence-electron chi connectivity index (χ2n) is 7.85. The summed E-state index contributed by atoms with van der Waals surface area (Å²) in [4.78, 5) is 15.6. The molecular formula is C26H29NO3. The van der Waals surface area contributed by atoms with E-state index in [4.69, 9.17) is 9.47 Å². The number of ketones is 1. The van der Waals surface area contributed by atoms with Gasteiger partial charge in [-0.25, -0.2) is 0 Å². The first kappa shape index (κ1) is 20.4. The molecule has 0 aromatic heterocycles. The Balaban J connectivity index is 1.41. The van der Waals surface area contributed by atoms with Gasteiger partial charge >= 0.3 is 0 Å². The Kier molecular flexibility index (Phi) is 6.65. The van der Waals surface area contributed by atoms with E-state index in [1.54, 1.807) is 7.11 Å². The molecule has 3 aromatic rings. The van der Waals surface area contributed by atoms with Crippen LogP contribution in [-0.4, -0.2) is 44.0 Å². The lowest BCUT2D eigenvalue weighted by Gasteiger charge is -2.19. The number of carbonyl (C=O) groups is 1. The summed E-state index contributed by atoms with van der Waals surface area (Å²) < 4.78 is 11.2. The Morgan fingerprint density at radius 2 is 1.63 bits per heavy atom. The molecule has 1 saturated heterocycles. The van der Waals surface area contributed by atoms with Crippen molar-refractivity contribution in [1.82, 2.24) is 4.90 Å². The summed E-state index contributed by atoms with van der Waals surface area (Å²) in [7, 11) is 1.65. The third-order valence-corrected chi connectivity index (χ3v) is 5.82. The van der Waals surface area contributed by atoms with Gasteiger partial charge in [0.2, 0.25) is 0 Å². The van der Waals surface area contributed by atoms with E-state index in [1.165, 1.54) is 38.8 Å². The molecule has 156 valence electrons. The third kappa shape index (κ3) is 4.82. The first-order valence-electron chi connectivity index (χ1n) is 10.8. The largest absolute Gasteiger partial charge is 0.497 e. The van der Waals surface area contributed by atoms with Crippen LogP contribution in [0.3, 0.4) is 0 Å². The highest BCUT2D eigenvalue weighted by molar-refractivity contribution is 6.16. The Morgan fingerprint density at radius 3 is 2.37 bits per heavy atom. The van der Waals surface area contributed by atoms with Crippen LogP contribution < -0.4 is 9.47 Å². The van der Waals surface area contributed by atoms with Crippen molar-refractivity contribution in [2.75, 3.05) is 33.4 Å². The fourth-order valence-corrected chi connectivity index (χ4v) is 4.10. The molecule has 30 heavy (non-hydrogen) atoms. The molecule has 0 bridgehead atoms. The molecule has 0 saturated carbocycles. The molecule has 0 spiro atoms. The molecule has 3 aromatic carbocycles. The minimum absolute atomic E-state index is 0.0156. The number of ether oxygens (including phenoxy) is 2. The summed E-state index contributed by atoms with van der Waals surface area (Å²) in [6.45, 7) is 3.99. The molecule has 0 radical (unpaired) electrons. The predicted molar refractivity (Wildman–Crippen MR) is 121 cm³/mol. The first-order chi connectivity index (χ1) is 14.7. The van der Waals surface area contributed by atoms with Gasteiger partial charge in [0.05, 0.1) is 7.11 Å². The smallest absolute Gasteiger partial charge is 0.193 e. The van der Waals surface area contributed by atoms with E-state index < -0.39 is 0 Å². The van der Waals surface area contributed by atoms with Crippen molar-refractivity contribution in [3.63, 3.8) is 0 Å². The maximum atomic E-state index is 13.1. The number of rotatable bonds is 7. The van der Waals surface area contributed by atoms with E-state index in [0.717, 1.165) is 28.8 Å². The molecule has 0 unspecified atom stereocenters. The normalized spacial score (nSPS) is 15.0. The van der Waals surface area contributed by atoms with Crippen LogP contribution in [0, 0.1) is 0 Å². The summed E-state index contributed by atoms with van der Waals surface area (Å²) in [6, 6.07) is 19.1. The molecule has 0 amide bonds. The van der Waals surface area contributed by atoms with E-state index in [2.05, 4.69) is 4.90 Å². The summed E-state index contributed by atoms with van der Waals surface area (Å²) >= 11 is 0. The fourth-order valence-electron chi connectivity index (χ4n) is 4.10. The summed E-state index contributed by atoms with van der Waals surface area (Å²) in [5.41, 5.74) is 1.36. The highest BCUT2D eigenvalue weighted by Gasteiger charge is 2.13. The highest BCUT2D eigenvalue weighted by Crippen LogP contribution is 2.26. The van der Waals surface area contributed by atoms with E-state index in [-0.39, 0.29) is 5.78 Å². The number of hydrogen-bond acceptors (Lipinski definition) is 4. The molecule has 0 atom stereocenters. The molecule has 0 N–H and O–H groups in total. The van der Waals surface area contributed by atoms with Gasteiger partial charge in [-0.05, 0) is 79.2 Å². The average molecular weight is 404 g/mol. The fraction of sp³-hybridized carbons (Fsp3) is 0.346. The molecule has 1 aliphatic rings. The number of fused-ring (bicyclic) bond motifs is 1. The molecular weight excluding hydrogens is 374 g/mol. The van der Waals surface area contributed by atoms with Crippen LogP contribution in [0.4, 0.5) is 0 Å². The van der Waals surface area contributed by atoms with Gasteiger partial charge in [-0.3, -0.25) is 9.69 Å². The quantitative estimate of drug-likeness (QED) is 0.500. The second-order valence-corrected chi connectivity index (χ2v) is 7.85. The predicted octanol–water partition coefficient (Wildman–Crippen LogP) is 5.33. The Bertz CT molecular complexity index is 989. The third-order valence-electron chi connectivity index (χ3n) is 5.82. The first-order valence-corrected chi connectivity index (χ1v) is 10.8. The van der Waals surface area contributed by atoms with Crippen molar-refractivity contribution in [2.45, 2.75) is 25.7 Å². The maximum absolute atomic E-state index is 13.1. The topological polar surface area (TPSA) is 38.8 Å². The van der Waals surface area contributed by atoms with Crippen molar-refractivity contribution in [2.24, 2.45) is 0 Å². The van der Waals surface area contributed by atoms with Crippen molar-refractivity contribution in [3.8, 4) is 11.5 Å². The van der Waals surface area contributed by atoms with Gasteiger partial charge < -0.3 is 9.47 Å². The second kappa shape index (κ2) is 9.77. The molecule has 4 nitrogen and oxygen atoms in total. The van der Waals surface area contributed by atoms with Crippen LogP contribution >= 0.6 is 0 Å². The minimum atomic E-state index is 0.0156. The summed E-state index contributed by atoms with van der Waals surface area (Å²) in [5.74, 6) is 1.61. The number of nitrogens with zero attached hydrogens (tertiary/aromatic N) is 1. The van der Waals surface area contributed by atoms with Crippen LogP contribution in [0.2, 0.25) is 0 Å². The van der Waals surface area contributed by atoms with Gasteiger partial charge in [0, 0.05) is 17.7 Å². The van der Waals surface area contributed by atoms with E-state index >= 15 is 0 Å². The van der Waals surface area contributed by atoms with E-state index in [9.17, 15) is 4.79 Å². The van der Waals surface area contributed by atoms with Gasteiger partial charge in [0.15, 0.2) is 5.78 Å². The number of carbonyl (C=O) groups excluding carboxylic acids is 1. The lowest BCUT2D eigenvalue weighted by atomic mass is 9.97. The lowest BCUT2D eigenvalue weighted by molar-refractivity contribution is 0.104. The maximum Gasteiger partial charge on any atom is 0.193 e. The van der Waals surface area contributed by atoms with Crippen molar-refractivity contribution >= 4 is 16.6 Å². The Labute approximate surface area is 178 Å². The molecule has 1 heterocycles. The zero-order valence-electron chi connectivity index (χ0n) is 17.6. The van der Waals surface area contributed by atoms with Gasteiger partial charge in [-0.1, -0.05) is 31.0 Å². The lowest BCUT2D eigenvalue weighted by Crippen LogP contribution is -2.29. The monoisotopic (exact) mass is 403 g/mol. The van der Waals surface area contributed by atoms with Crippen molar-refractivity contribution < 1.29 is 14.3 Å². The average Bonchev–Trinajstić information content (AvgIpc) is 3.07. The summed E-state index contributed by atoms with van der Waals surface area (Å²) in [5, 5.41) is 1.93. The standard InChI is InChI=1S/C26H29NO3/c1-29-23-13-14-24-21(19-23)7-6-8-25(24)26(28)20-9-11-22(12-10-20)30-18-17-27-15-4-2-3-5-16-27/h6-14,19H,2-5,15-18H2,1H3. The van der Waals surface area contributed by atoms with E-state index in [0.29, 0.717) is 17.7 Å². The molecule has 1 fully saturated rings. The van der Waals surface area contributed by atoms with Crippen molar-refractivity contribution in [1.29, 1.82) is 0 Å². The van der Waals surface area contributed by atoms with Crippen molar-refractivity contribution in [3.05, 3.63) is 71.8 Å². The molecule has 1 aliphatic heterocycles. The van der Waals surface area contributed by atoms with Crippen LogP contribution in [0.15, 0.2) is 60.7 Å². The van der Waals surface area contributed by atoms with Gasteiger partial charge in [-0.2, -0.15) is 0 Å². The van der Waals surface area contributed by atoms with E-state index in [1.807, 2.05) is 60.7 Å². The van der Waals surface area contributed by atoms with Crippen LogP contribution in [-0.2, 0) is 0 Å². The number of hydrogen-bond donors (Lipinski definition) is 0. The van der Waals surface area contributed by atoms with Gasteiger partial charge in [0.1, 0.15) is 18.1 Å². The Morgan fingerprint density at radius 1 is 0.900 bits per heavy atom. The zero-order valence-corrected chi connectivity index (χ0v) is 17.6. The van der Waals surface area contributed by atoms with Gasteiger partial charge in [0.25, 0.3) is 0 Å². The zero-order chi connectivity index (χ0) is 20.8. The highest BCUT2D eigenvalue weighted by atomic mass is 16.5. The van der Waals surface area contributed by atoms with Gasteiger partial charge in [-0.15, -0.1) is 0 Å². The molecule has 4 rings (SSSR count). The van der Waals surface area contributed by atoms with Crippen LogP contribution in [0.5, 0.6) is 11.5 Å². The molecule has 4 heteroatoms. The SMILES string of the molecule is COc1ccc2c(C(=O)c3ccc(OCCN4CCCCCC4)cc3)cccc2c1. The Hall–Kier alpha value is -2.85. The van der Waals surface area contributed by atoms with Crippen LogP contribution in [0.1, 0.15) is 41.6 Å². The van der Waals surface area contributed by atoms with Crippen LogP contribution in [0.25, 0.3) is 10.8 Å². The number of benzene rings is 3. The number of methoxy groups -OCH3 is 1. The minimum Gasteiger partial charge on any atom is -0.497 e. The number of likely N-dealkylation sites (tertiary alicyclic amines) is 1. The summed E-state index contributed by atoms with van der Waals surface area (Å²) in [6.07, 6.45) is 5.27.